The third-order valence-corrected chi connectivity index (χ3v) is 7.35. The van der Waals surface area contributed by atoms with Gasteiger partial charge in [0.2, 0.25) is 0 Å². The molecule has 1 aromatic carbocycles. The minimum Gasteiger partial charge on any atom is -0.335 e. The number of thiazole rings is 1. The van der Waals surface area contributed by atoms with Gasteiger partial charge in [-0.15, -0.1) is 0 Å². The summed E-state index contributed by atoms with van der Waals surface area (Å²) >= 11 is 1.29. The number of aromatic nitrogens is 4. The molecule has 0 atom stereocenters. The molecule has 9 nitrogen and oxygen atoms in total. The molecule has 0 aliphatic carbocycles. The highest BCUT2D eigenvalue weighted by atomic mass is 32.1. The molecule has 1 aliphatic rings. The van der Waals surface area contributed by atoms with Gasteiger partial charge in [0.05, 0.1) is 5.54 Å². The van der Waals surface area contributed by atoms with E-state index in [1.807, 2.05) is 57.0 Å². The van der Waals surface area contributed by atoms with E-state index >= 15 is 0 Å². The van der Waals surface area contributed by atoms with Gasteiger partial charge in [-0.1, -0.05) is 35.1 Å². The van der Waals surface area contributed by atoms with Crippen LogP contribution >= 0.6 is 11.3 Å². The molecule has 1 fully saturated rings. The van der Waals surface area contributed by atoms with Crippen LogP contribution in [0.1, 0.15) is 52.7 Å². The summed E-state index contributed by atoms with van der Waals surface area (Å²) in [6, 6.07) is 11.4. The van der Waals surface area contributed by atoms with E-state index in [9.17, 15) is 9.59 Å². The maximum absolute atomic E-state index is 13.6. The second-order valence-electron chi connectivity index (χ2n) is 10.4. The molecular formula is C27H31N7O2S. The summed E-state index contributed by atoms with van der Waals surface area (Å²) in [4.78, 5) is 39.5. The zero-order valence-corrected chi connectivity index (χ0v) is 22.4. The van der Waals surface area contributed by atoms with E-state index < -0.39 is 0 Å². The Balaban J connectivity index is 1.35. The quantitative estimate of drug-likeness (QED) is 0.427. The van der Waals surface area contributed by atoms with E-state index in [2.05, 4.69) is 26.3 Å². The Bertz CT molecular complexity index is 1410. The number of anilines is 1. The topological polar surface area (TPSA) is 96.2 Å². The highest BCUT2D eigenvalue weighted by molar-refractivity contribution is 7.22. The van der Waals surface area contributed by atoms with E-state index in [-0.39, 0.29) is 17.4 Å². The number of hydrogen-bond donors (Lipinski definition) is 1. The Morgan fingerprint density at radius 3 is 2.43 bits per heavy atom. The van der Waals surface area contributed by atoms with Gasteiger partial charge in [0.25, 0.3) is 11.8 Å². The van der Waals surface area contributed by atoms with Crippen molar-refractivity contribution in [2.24, 2.45) is 0 Å². The normalized spacial score (nSPS) is 14.8. The van der Waals surface area contributed by atoms with Crippen molar-refractivity contribution in [1.82, 2.24) is 29.5 Å². The lowest BCUT2D eigenvalue weighted by Crippen LogP contribution is -2.48. The van der Waals surface area contributed by atoms with Crippen molar-refractivity contribution in [3.05, 3.63) is 71.2 Å². The van der Waals surface area contributed by atoms with E-state index in [1.165, 1.54) is 11.3 Å². The Kier molecular flexibility index (Phi) is 6.78. The number of hydrogen-bond acceptors (Lipinski definition) is 7. The van der Waals surface area contributed by atoms with Crippen molar-refractivity contribution in [2.75, 3.05) is 31.5 Å². The average Bonchev–Trinajstić information content (AvgIpc) is 3.43. The lowest BCUT2D eigenvalue weighted by Gasteiger charge is -2.34. The maximum atomic E-state index is 13.6. The predicted octanol–water partition coefficient (Wildman–Crippen LogP) is 4.16. The molecule has 4 aromatic rings. The molecule has 192 valence electrons. The van der Waals surface area contributed by atoms with Crippen LogP contribution in [0.5, 0.6) is 0 Å². The molecule has 5 rings (SSSR count). The first-order chi connectivity index (χ1) is 17.7. The third-order valence-electron chi connectivity index (χ3n) is 6.39. The maximum Gasteiger partial charge on any atom is 0.276 e. The minimum absolute atomic E-state index is 0.103. The van der Waals surface area contributed by atoms with Gasteiger partial charge in [-0.3, -0.25) is 24.8 Å². The summed E-state index contributed by atoms with van der Waals surface area (Å²) in [7, 11) is 0. The molecule has 0 saturated carbocycles. The zero-order chi connectivity index (χ0) is 26.2. The van der Waals surface area contributed by atoms with E-state index in [1.54, 1.807) is 23.0 Å². The zero-order valence-electron chi connectivity index (χ0n) is 21.6. The molecule has 0 spiro atoms. The Labute approximate surface area is 220 Å². The first kappa shape index (κ1) is 25.0. The first-order valence-electron chi connectivity index (χ1n) is 12.4. The number of nitrogens with zero attached hydrogens (tertiary/aromatic N) is 6. The fourth-order valence-electron chi connectivity index (χ4n) is 4.35. The van der Waals surface area contributed by atoms with E-state index in [0.717, 1.165) is 30.8 Å². The highest BCUT2D eigenvalue weighted by Crippen LogP contribution is 2.33. The Hall–Kier alpha value is -3.63. The smallest absolute Gasteiger partial charge is 0.276 e. The van der Waals surface area contributed by atoms with Crippen LogP contribution in [0.2, 0.25) is 0 Å². The van der Waals surface area contributed by atoms with Gasteiger partial charge in [-0.25, -0.2) is 4.68 Å². The predicted molar refractivity (Wildman–Crippen MR) is 145 cm³/mol. The molecule has 0 unspecified atom stereocenters. The van der Waals surface area contributed by atoms with Gasteiger partial charge < -0.3 is 4.90 Å². The second-order valence-corrected chi connectivity index (χ2v) is 11.4. The molecule has 4 heterocycles. The monoisotopic (exact) mass is 517 g/mol. The van der Waals surface area contributed by atoms with Crippen LogP contribution in [0.25, 0.3) is 10.3 Å². The summed E-state index contributed by atoms with van der Waals surface area (Å²) in [5.41, 5.74) is 3.42. The van der Waals surface area contributed by atoms with Crippen LogP contribution in [-0.4, -0.2) is 67.5 Å². The number of benzene rings is 1. The van der Waals surface area contributed by atoms with Crippen molar-refractivity contribution in [3.8, 4) is 0 Å². The fourth-order valence-corrected chi connectivity index (χ4v) is 5.26. The van der Waals surface area contributed by atoms with Crippen molar-refractivity contribution in [2.45, 2.75) is 39.8 Å². The number of nitrogens with one attached hydrogen (secondary N) is 1. The van der Waals surface area contributed by atoms with Crippen LogP contribution in [0.3, 0.4) is 0 Å². The van der Waals surface area contributed by atoms with Gasteiger partial charge in [-0.2, -0.15) is 10.1 Å². The van der Waals surface area contributed by atoms with Gasteiger partial charge in [0.1, 0.15) is 4.70 Å². The molecule has 3 aromatic heterocycles. The first-order valence-corrected chi connectivity index (χ1v) is 13.2. The summed E-state index contributed by atoms with van der Waals surface area (Å²) < 4.78 is 2.48. The van der Waals surface area contributed by atoms with E-state index in [4.69, 9.17) is 5.10 Å². The van der Waals surface area contributed by atoms with Gasteiger partial charge in [-0.05, 0) is 51.5 Å². The minimum atomic E-state index is -0.383. The van der Waals surface area contributed by atoms with Gasteiger partial charge in [0.15, 0.2) is 16.5 Å². The van der Waals surface area contributed by atoms with E-state index in [0.29, 0.717) is 39.8 Å². The van der Waals surface area contributed by atoms with Gasteiger partial charge >= 0.3 is 0 Å². The number of piperazine rings is 1. The molecule has 0 bridgehead atoms. The van der Waals surface area contributed by atoms with Crippen LogP contribution in [-0.2, 0) is 12.1 Å². The molecule has 1 aliphatic heterocycles. The molecule has 10 heteroatoms. The standard InChI is InChI=1S/C27H31N7O2S/c1-18-7-9-20(10-8-18)24(35)30-26-29-23-22(37-26)21(31-34(23)27(2,3)4)25(36)33-14-12-32(13-15-33)17-19-6-5-11-28-16-19/h5-11,16H,12-15,17H2,1-4H3,(H,29,30,35). The molecule has 0 radical (unpaired) electrons. The second kappa shape index (κ2) is 10.0. The summed E-state index contributed by atoms with van der Waals surface area (Å²) in [6.07, 6.45) is 3.66. The lowest BCUT2D eigenvalue weighted by molar-refractivity contribution is 0.0623. The third kappa shape index (κ3) is 5.40. The Morgan fingerprint density at radius 1 is 1.05 bits per heavy atom. The SMILES string of the molecule is Cc1ccc(C(=O)Nc2nc3c(s2)c(C(=O)N2CCN(Cc4cccnc4)CC2)nn3C(C)(C)C)cc1. The number of carbonyl (C=O) groups excluding carboxylic acids is 2. The number of amides is 2. The number of aryl methyl sites for hydroxylation is 1. The fraction of sp³-hybridized carbons (Fsp3) is 0.370. The molecule has 2 amide bonds. The number of rotatable bonds is 5. The number of pyridine rings is 1. The number of fused-ring (bicyclic) bond motifs is 1. The summed E-state index contributed by atoms with van der Waals surface area (Å²) in [5.74, 6) is -0.335. The molecule has 1 saturated heterocycles. The van der Waals surface area contributed by atoms with Crippen molar-refractivity contribution >= 4 is 38.6 Å². The Morgan fingerprint density at radius 2 is 1.78 bits per heavy atom. The van der Waals surface area contributed by atoms with Crippen LogP contribution < -0.4 is 5.32 Å². The van der Waals surface area contributed by atoms with Crippen LogP contribution in [0.15, 0.2) is 48.8 Å². The van der Waals surface area contributed by atoms with Crippen LogP contribution in [0, 0.1) is 6.92 Å². The molecular weight excluding hydrogens is 486 g/mol. The number of carbonyl (C=O) groups is 2. The lowest BCUT2D eigenvalue weighted by atomic mass is 10.1. The summed E-state index contributed by atoms with van der Waals surface area (Å²) in [6.45, 7) is 11.7. The highest BCUT2D eigenvalue weighted by Gasteiger charge is 2.31. The average molecular weight is 518 g/mol. The van der Waals surface area contributed by atoms with Crippen LogP contribution in [0.4, 0.5) is 5.13 Å². The van der Waals surface area contributed by atoms with Crippen molar-refractivity contribution < 1.29 is 9.59 Å². The van der Waals surface area contributed by atoms with Gasteiger partial charge in [0, 0.05) is 50.7 Å². The largest absolute Gasteiger partial charge is 0.335 e. The van der Waals surface area contributed by atoms with Crippen molar-refractivity contribution in [3.63, 3.8) is 0 Å². The summed E-state index contributed by atoms with van der Waals surface area (Å²) in [5, 5.41) is 8.06. The molecule has 1 N–H and O–H groups in total. The van der Waals surface area contributed by atoms with Crippen molar-refractivity contribution in [1.29, 1.82) is 0 Å². The molecule has 37 heavy (non-hydrogen) atoms.